The molecule has 0 aromatic rings. The van der Waals surface area contributed by atoms with Crippen LogP contribution < -0.4 is 0 Å². The molecule has 0 aliphatic rings. The number of hydrogen-bond acceptors (Lipinski definition) is 7. The maximum Gasteiger partial charge on any atom is 0.745 e. The summed E-state index contributed by atoms with van der Waals surface area (Å²) in [4.78, 5) is 44.9. The molecule has 0 spiro atoms. The molecule has 0 aliphatic heterocycles. The van der Waals surface area contributed by atoms with E-state index in [1.807, 2.05) is 0 Å². The molecule has 6 N–H and O–H groups in total. The van der Waals surface area contributed by atoms with Crippen molar-refractivity contribution in [3.63, 3.8) is 0 Å². The Morgan fingerprint density at radius 1 is 0.636 bits per heavy atom. The lowest BCUT2D eigenvalue weighted by molar-refractivity contribution is 0.368. The van der Waals surface area contributed by atoms with Crippen LogP contribution in [0, 0.1) is 0 Å². The summed E-state index contributed by atoms with van der Waals surface area (Å²) < 4.78 is 53.0. The molecule has 132 valence electrons. The van der Waals surface area contributed by atoms with E-state index in [0.717, 1.165) is 0 Å². The molecule has 0 saturated carbocycles. The highest BCUT2D eigenvalue weighted by Gasteiger charge is 2.32. The van der Waals surface area contributed by atoms with Gasteiger partial charge in [0.1, 0.15) is 0 Å². The van der Waals surface area contributed by atoms with Gasteiger partial charge in [-0.05, 0) is 0 Å². The number of hydrogen-bond donors (Lipinski definition) is 6. The summed E-state index contributed by atoms with van der Waals surface area (Å²) in [5, 5.41) is 0.194. The summed E-state index contributed by atoms with van der Waals surface area (Å²) in [5.41, 5.74) is 0. The van der Waals surface area contributed by atoms with E-state index >= 15 is 0 Å². The summed E-state index contributed by atoms with van der Waals surface area (Å²) in [6.45, 7) is 0. The van der Waals surface area contributed by atoms with Gasteiger partial charge < -0.3 is 0 Å². The lowest BCUT2D eigenvalue weighted by Gasteiger charge is -1.50. The minimum Gasteiger partial charge on any atom is -0.134 e. The zero-order chi connectivity index (χ0) is 18.0. The topological polar surface area (TPSA) is 225 Å². The molecule has 0 fully saturated rings. The molecule has 0 radical (unpaired) electrons. The summed E-state index contributed by atoms with van der Waals surface area (Å²) in [5.74, 6) is 0. The van der Waals surface area contributed by atoms with Crippen molar-refractivity contribution in [3.05, 3.63) is 0 Å². The molecule has 13 nitrogen and oxygen atoms in total. The van der Waals surface area contributed by atoms with E-state index in [4.69, 9.17) is 57.1 Å². The third kappa shape index (κ3) is 106. The second-order valence-electron chi connectivity index (χ2n) is 1.47. The second kappa shape index (κ2) is 26.6. The van der Waals surface area contributed by atoms with Crippen LogP contribution in [0.1, 0.15) is 7.43 Å². The first-order valence-electron chi connectivity index (χ1n) is 3.38. The van der Waals surface area contributed by atoms with Gasteiger partial charge in [0, 0.05) is 22.8 Å². The molecule has 0 heterocycles. The van der Waals surface area contributed by atoms with Gasteiger partial charge in [-0.15, -0.1) is 52.6 Å². The maximum absolute atomic E-state index is 9.39. The fourth-order valence-corrected chi connectivity index (χ4v) is 1.08. The van der Waals surface area contributed by atoms with E-state index in [0.29, 0.717) is 0 Å². The second-order valence-corrected chi connectivity index (χ2v) is 5.99. The molecular formula is C2H12Cl2O13P5+5. The van der Waals surface area contributed by atoms with Gasteiger partial charge in [-0.1, -0.05) is 7.43 Å². The number of halogens is 2. The molecule has 4 atom stereocenters. The normalized spacial score (nSPS) is 10.5. The van der Waals surface area contributed by atoms with Gasteiger partial charge >= 0.3 is 41.3 Å². The molecule has 0 aromatic heterocycles. The fraction of sp³-hybridized carbons (Fsp3) is 1.00. The van der Waals surface area contributed by atoms with E-state index in [1.165, 1.54) is 0 Å². The average molecular weight is 470 g/mol. The van der Waals surface area contributed by atoms with E-state index in [1.54, 1.807) is 0 Å². The van der Waals surface area contributed by atoms with E-state index in [2.05, 4.69) is 8.62 Å². The SMILES string of the molecule is C.ClCCl.O=[P+](O)O.O=[P+](O)O[P+](=O)O.O=[P+](O)O[P+](=O)O. The third-order valence-electron chi connectivity index (χ3n) is 0.279. The van der Waals surface area contributed by atoms with E-state index in [-0.39, 0.29) is 12.8 Å². The molecular weight excluding hydrogens is 458 g/mol. The lowest BCUT2D eigenvalue weighted by Crippen LogP contribution is -1.58. The Morgan fingerprint density at radius 3 is 0.727 bits per heavy atom. The average Bonchev–Trinajstić information content (AvgIpc) is 2.12. The van der Waals surface area contributed by atoms with Crippen LogP contribution in [0.3, 0.4) is 0 Å². The van der Waals surface area contributed by atoms with Crippen LogP contribution in [0.5, 0.6) is 0 Å². The predicted octanol–water partition coefficient (Wildman–Crippen LogP) is 2.29. The number of rotatable bonds is 4. The van der Waals surface area contributed by atoms with Gasteiger partial charge in [-0.2, -0.15) is 0 Å². The van der Waals surface area contributed by atoms with Gasteiger partial charge in [0.25, 0.3) is 0 Å². The van der Waals surface area contributed by atoms with Crippen molar-refractivity contribution >= 4 is 64.5 Å². The van der Waals surface area contributed by atoms with Crippen molar-refractivity contribution in [2.45, 2.75) is 7.43 Å². The largest absolute Gasteiger partial charge is 0.745 e. The van der Waals surface area contributed by atoms with Crippen molar-refractivity contribution in [2.75, 3.05) is 5.34 Å². The highest BCUT2D eigenvalue weighted by Crippen LogP contribution is 2.31. The minimum atomic E-state index is -2.92. The molecule has 0 bridgehead atoms. The van der Waals surface area contributed by atoms with Gasteiger partial charge in [0.15, 0.2) is 8.62 Å². The zero-order valence-corrected chi connectivity index (χ0v) is 15.2. The quantitative estimate of drug-likeness (QED) is 0.257. The zero-order valence-electron chi connectivity index (χ0n) is 9.24. The fourth-order valence-electron chi connectivity index (χ4n) is 0.120. The molecule has 22 heavy (non-hydrogen) atoms. The van der Waals surface area contributed by atoms with Crippen molar-refractivity contribution in [3.8, 4) is 0 Å². The van der Waals surface area contributed by atoms with E-state index < -0.39 is 41.3 Å². The van der Waals surface area contributed by atoms with Crippen LogP contribution in [-0.2, 0) is 31.4 Å². The standard InChI is InChI=1S/CH2Cl2.CH4.2O5P2.HO3P/c2-1-3;;2*1-6(2)5-7(3)4;1-4(2)3/h1H2;1H4;;;(H-,1,2,3)/p+5. The maximum atomic E-state index is 9.39. The van der Waals surface area contributed by atoms with Crippen molar-refractivity contribution in [1.29, 1.82) is 0 Å². The predicted molar refractivity (Wildman–Crippen MR) is 76.8 cm³/mol. The summed E-state index contributed by atoms with van der Waals surface area (Å²) >= 11 is 9.53. The van der Waals surface area contributed by atoms with Gasteiger partial charge in [-0.25, -0.2) is 0 Å². The Bertz CT molecular complexity index is 293. The van der Waals surface area contributed by atoms with Crippen LogP contribution in [0.15, 0.2) is 0 Å². The summed E-state index contributed by atoms with van der Waals surface area (Å²) in [6, 6.07) is 0. The molecule has 4 unspecified atom stereocenters. The molecule has 0 aliphatic carbocycles. The minimum absolute atomic E-state index is 0. The van der Waals surface area contributed by atoms with Gasteiger partial charge in [-0.3, -0.25) is 0 Å². The highest BCUT2D eigenvalue weighted by molar-refractivity contribution is 7.46. The summed E-state index contributed by atoms with van der Waals surface area (Å²) in [7, 11) is -14.6. The van der Waals surface area contributed by atoms with Crippen LogP contribution in [0.25, 0.3) is 0 Å². The Hall–Kier alpha value is 0.760. The third-order valence-corrected chi connectivity index (χ3v) is 2.51. The lowest BCUT2D eigenvalue weighted by atomic mass is 11.9. The van der Waals surface area contributed by atoms with Crippen LogP contribution in [-0.4, -0.2) is 34.7 Å². The van der Waals surface area contributed by atoms with Crippen LogP contribution in [0.2, 0.25) is 0 Å². The van der Waals surface area contributed by atoms with Crippen LogP contribution >= 0.6 is 64.5 Å². The van der Waals surface area contributed by atoms with Crippen LogP contribution in [0.4, 0.5) is 0 Å². The molecule has 0 rings (SSSR count). The van der Waals surface area contributed by atoms with Gasteiger partial charge in [0.2, 0.25) is 0 Å². The van der Waals surface area contributed by atoms with Crippen molar-refractivity contribution in [1.82, 2.24) is 0 Å². The smallest absolute Gasteiger partial charge is 0.134 e. The first-order chi connectivity index (χ1) is 9.40. The Labute approximate surface area is 138 Å². The monoisotopic (exact) mass is 469 g/mol. The Morgan fingerprint density at radius 2 is 0.727 bits per heavy atom. The van der Waals surface area contributed by atoms with Crippen molar-refractivity contribution < 1.29 is 60.8 Å². The Balaban J connectivity index is -0.0000000607. The molecule has 0 amide bonds. The first kappa shape index (κ1) is 34.2. The number of alkyl halides is 2. The first-order valence-corrected chi connectivity index (χ1v) is 10.1. The Kier molecular flexibility index (Phi) is 41.4. The summed E-state index contributed by atoms with van der Waals surface area (Å²) in [6.07, 6.45) is 0. The van der Waals surface area contributed by atoms with Crippen molar-refractivity contribution in [2.24, 2.45) is 0 Å². The molecule has 20 heteroatoms. The van der Waals surface area contributed by atoms with Gasteiger partial charge in [0.05, 0.1) is 5.34 Å². The highest BCUT2D eigenvalue weighted by atomic mass is 35.5. The molecule has 0 aromatic carbocycles. The molecule has 0 saturated heterocycles. The van der Waals surface area contributed by atoms with E-state index in [9.17, 15) is 18.3 Å².